The molecule has 0 aromatic heterocycles. The summed E-state index contributed by atoms with van der Waals surface area (Å²) in [6.45, 7) is 1.42. The molecule has 162 valence electrons. The minimum absolute atomic E-state index is 0.0351. The summed E-state index contributed by atoms with van der Waals surface area (Å²) in [5, 5.41) is 15.5. The number of nitrogens with zero attached hydrogens (tertiary/aromatic N) is 3. The molecule has 0 radical (unpaired) electrons. The fourth-order valence-electron chi connectivity index (χ4n) is 4.04. The normalized spacial score (nSPS) is 15.0. The highest BCUT2D eigenvalue weighted by Gasteiger charge is 2.41. The molecule has 2 aromatic rings. The van der Waals surface area contributed by atoms with Crippen LogP contribution in [0.15, 0.2) is 53.6 Å². The van der Waals surface area contributed by atoms with Gasteiger partial charge in [0, 0.05) is 29.9 Å². The standard InChI is InChI=1S/C22H24N4O5/c1-22(13-30-2,12-24-26-23)19(20(27)28)25-21(29)31-11-18-16-9-5-3-7-14(16)15-8-4-6-10-17(15)18/h3-10,18-19H,11-13H2,1-2H3,(H,25,29)(H,27,28)/t19-,22-/m1/s1. The van der Waals surface area contributed by atoms with Gasteiger partial charge in [-0.2, -0.15) is 0 Å². The third-order valence-corrected chi connectivity index (χ3v) is 5.52. The molecule has 2 atom stereocenters. The number of aliphatic carboxylic acids is 1. The van der Waals surface area contributed by atoms with E-state index in [-0.39, 0.29) is 25.7 Å². The van der Waals surface area contributed by atoms with E-state index in [2.05, 4.69) is 15.3 Å². The maximum absolute atomic E-state index is 12.5. The van der Waals surface area contributed by atoms with Gasteiger partial charge in [0.2, 0.25) is 0 Å². The van der Waals surface area contributed by atoms with Gasteiger partial charge in [-0.3, -0.25) is 0 Å². The molecule has 9 heteroatoms. The van der Waals surface area contributed by atoms with Crippen LogP contribution in [0, 0.1) is 5.41 Å². The van der Waals surface area contributed by atoms with Crippen molar-refractivity contribution < 1.29 is 24.2 Å². The van der Waals surface area contributed by atoms with Crippen molar-refractivity contribution in [1.29, 1.82) is 0 Å². The van der Waals surface area contributed by atoms with Crippen LogP contribution >= 0.6 is 0 Å². The van der Waals surface area contributed by atoms with Crippen molar-refractivity contribution in [3.05, 3.63) is 70.1 Å². The van der Waals surface area contributed by atoms with E-state index in [4.69, 9.17) is 15.0 Å². The molecule has 0 saturated carbocycles. The van der Waals surface area contributed by atoms with Gasteiger partial charge in [0.25, 0.3) is 0 Å². The fourth-order valence-corrected chi connectivity index (χ4v) is 4.04. The van der Waals surface area contributed by atoms with Crippen LogP contribution in [0.1, 0.15) is 24.0 Å². The third kappa shape index (κ3) is 4.63. The number of hydrogen-bond acceptors (Lipinski definition) is 5. The zero-order valence-corrected chi connectivity index (χ0v) is 17.3. The lowest BCUT2D eigenvalue weighted by Crippen LogP contribution is -2.54. The van der Waals surface area contributed by atoms with Crippen LogP contribution in [0.25, 0.3) is 21.6 Å². The summed E-state index contributed by atoms with van der Waals surface area (Å²) in [7, 11) is 1.40. The van der Waals surface area contributed by atoms with Crippen LogP contribution in [0.2, 0.25) is 0 Å². The van der Waals surface area contributed by atoms with Gasteiger partial charge in [0.1, 0.15) is 12.6 Å². The fraction of sp³-hybridized carbons (Fsp3) is 0.364. The molecule has 1 aliphatic rings. The highest BCUT2D eigenvalue weighted by molar-refractivity contribution is 5.81. The maximum Gasteiger partial charge on any atom is 0.407 e. The Morgan fingerprint density at radius 3 is 2.29 bits per heavy atom. The summed E-state index contributed by atoms with van der Waals surface area (Å²) in [5.41, 5.74) is 11.8. The molecule has 0 unspecified atom stereocenters. The second-order valence-electron chi connectivity index (χ2n) is 7.72. The highest BCUT2D eigenvalue weighted by Crippen LogP contribution is 2.44. The molecular weight excluding hydrogens is 400 g/mol. The first-order valence-electron chi connectivity index (χ1n) is 9.75. The van der Waals surface area contributed by atoms with E-state index in [9.17, 15) is 14.7 Å². The molecule has 9 nitrogen and oxygen atoms in total. The molecule has 31 heavy (non-hydrogen) atoms. The molecule has 0 spiro atoms. The number of carboxylic acids is 1. The zero-order valence-electron chi connectivity index (χ0n) is 17.3. The topological polar surface area (TPSA) is 134 Å². The maximum atomic E-state index is 12.5. The number of methoxy groups -OCH3 is 1. The minimum Gasteiger partial charge on any atom is -0.480 e. The van der Waals surface area contributed by atoms with E-state index in [1.807, 2.05) is 48.5 Å². The lowest BCUT2D eigenvalue weighted by molar-refractivity contribution is -0.143. The SMILES string of the molecule is COC[C@@](C)(CN=[N+]=[N-])[C@H](NC(=O)OCC1c2ccccc2-c2ccccc21)C(=O)O. The van der Waals surface area contributed by atoms with E-state index >= 15 is 0 Å². The van der Waals surface area contributed by atoms with Crippen LogP contribution in [0.4, 0.5) is 4.79 Å². The second-order valence-corrected chi connectivity index (χ2v) is 7.72. The first-order valence-corrected chi connectivity index (χ1v) is 9.75. The number of amides is 1. The monoisotopic (exact) mass is 424 g/mol. The average molecular weight is 424 g/mol. The average Bonchev–Trinajstić information content (AvgIpc) is 3.08. The quantitative estimate of drug-likeness (QED) is 0.357. The Morgan fingerprint density at radius 2 is 1.77 bits per heavy atom. The molecule has 2 aromatic carbocycles. The van der Waals surface area contributed by atoms with E-state index in [1.165, 1.54) is 7.11 Å². The number of ether oxygens (including phenoxy) is 2. The van der Waals surface area contributed by atoms with Crippen molar-refractivity contribution in [3.63, 3.8) is 0 Å². The molecule has 0 heterocycles. The summed E-state index contributed by atoms with van der Waals surface area (Å²) in [6.07, 6.45) is -0.863. The van der Waals surface area contributed by atoms with Gasteiger partial charge in [-0.25, -0.2) is 9.59 Å². The lowest BCUT2D eigenvalue weighted by atomic mass is 9.83. The first kappa shape index (κ1) is 22.1. The number of carbonyl (C=O) groups excluding carboxylic acids is 1. The summed E-state index contributed by atoms with van der Waals surface area (Å²) in [6, 6.07) is 14.5. The van der Waals surface area contributed by atoms with Crippen LogP contribution in [0.3, 0.4) is 0 Å². The van der Waals surface area contributed by atoms with Crippen molar-refractivity contribution in [1.82, 2.24) is 5.32 Å². The third-order valence-electron chi connectivity index (χ3n) is 5.52. The van der Waals surface area contributed by atoms with E-state index in [0.29, 0.717) is 0 Å². The Labute approximate surface area is 179 Å². The Bertz CT molecular complexity index is 975. The molecule has 1 aliphatic carbocycles. The lowest BCUT2D eigenvalue weighted by Gasteiger charge is -2.33. The predicted octanol–water partition coefficient (Wildman–Crippen LogP) is 3.94. The number of azide groups is 1. The van der Waals surface area contributed by atoms with Gasteiger partial charge in [-0.1, -0.05) is 60.6 Å². The molecule has 3 rings (SSSR count). The van der Waals surface area contributed by atoms with Gasteiger partial charge in [0.05, 0.1) is 6.61 Å². The molecule has 1 amide bonds. The number of nitrogens with one attached hydrogen (secondary N) is 1. The van der Waals surface area contributed by atoms with Crippen LogP contribution in [0.5, 0.6) is 0 Å². The van der Waals surface area contributed by atoms with Crippen molar-refractivity contribution >= 4 is 12.1 Å². The van der Waals surface area contributed by atoms with E-state index in [1.54, 1.807) is 6.92 Å². The summed E-state index contributed by atoms with van der Waals surface area (Å²) in [5.74, 6) is -1.42. The smallest absolute Gasteiger partial charge is 0.407 e. The molecule has 0 fully saturated rings. The number of benzene rings is 2. The van der Waals surface area contributed by atoms with Crippen molar-refractivity contribution in [2.75, 3.05) is 26.9 Å². The second kappa shape index (κ2) is 9.51. The van der Waals surface area contributed by atoms with Gasteiger partial charge in [-0.15, -0.1) is 0 Å². The molecule has 0 aliphatic heterocycles. The first-order chi connectivity index (χ1) is 14.9. The molecular formula is C22H24N4O5. The van der Waals surface area contributed by atoms with Gasteiger partial charge in [0.15, 0.2) is 0 Å². The van der Waals surface area contributed by atoms with Crippen molar-refractivity contribution in [3.8, 4) is 11.1 Å². The van der Waals surface area contributed by atoms with E-state index in [0.717, 1.165) is 22.3 Å². The number of hydrogen-bond donors (Lipinski definition) is 2. The van der Waals surface area contributed by atoms with Gasteiger partial charge < -0.3 is 19.9 Å². The molecule has 0 saturated heterocycles. The number of carbonyl (C=O) groups is 2. The van der Waals surface area contributed by atoms with E-state index < -0.39 is 23.5 Å². The largest absolute Gasteiger partial charge is 0.480 e. The molecule has 0 bridgehead atoms. The zero-order chi connectivity index (χ0) is 22.4. The Hall–Kier alpha value is -3.55. The number of carboxylic acid groups (broad SMARTS) is 1. The van der Waals surface area contributed by atoms with Gasteiger partial charge >= 0.3 is 12.1 Å². The van der Waals surface area contributed by atoms with Crippen molar-refractivity contribution in [2.24, 2.45) is 10.5 Å². The van der Waals surface area contributed by atoms with Crippen molar-refractivity contribution in [2.45, 2.75) is 18.9 Å². The Morgan fingerprint density at radius 1 is 1.19 bits per heavy atom. The number of fused-ring (bicyclic) bond motifs is 3. The number of alkyl carbamates (subject to hydrolysis) is 1. The van der Waals surface area contributed by atoms with Crippen LogP contribution in [-0.2, 0) is 14.3 Å². The summed E-state index contributed by atoms with van der Waals surface area (Å²) < 4.78 is 10.5. The highest BCUT2D eigenvalue weighted by atomic mass is 16.5. The minimum atomic E-state index is -1.37. The number of rotatable bonds is 9. The van der Waals surface area contributed by atoms with Crippen LogP contribution in [-0.4, -0.2) is 50.1 Å². The predicted molar refractivity (Wildman–Crippen MR) is 114 cm³/mol. The summed E-state index contributed by atoms with van der Waals surface area (Å²) >= 11 is 0. The Balaban J connectivity index is 1.74. The Kier molecular flexibility index (Phi) is 6.79. The van der Waals surface area contributed by atoms with Gasteiger partial charge in [-0.05, 0) is 27.8 Å². The summed E-state index contributed by atoms with van der Waals surface area (Å²) in [4.78, 5) is 27.1. The van der Waals surface area contributed by atoms with Crippen LogP contribution < -0.4 is 5.32 Å². The molecule has 2 N–H and O–H groups in total.